The molecule has 1 aromatic carbocycles. The van der Waals surface area contributed by atoms with Crippen molar-refractivity contribution >= 4 is 21.9 Å². The van der Waals surface area contributed by atoms with Gasteiger partial charge in [-0.15, -0.1) is 0 Å². The van der Waals surface area contributed by atoms with Crippen LogP contribution < -0.4 is 4.31 Å². The van der Waals surface area contributed by atoms with E-state index in [2.05, 4.69) is 0 Å². The molecule has 0 saturated heterocycles. The summed E-state index contributed by atoms with van der Waals surface area (Å²) < 4.78 is 27.6. The molecular weight excluding hydrogens is 280 g/mol. The number of hydrogen-bond donors (Lipinski definition) is 1. The molecule has 7 heteroatoms. The van der Waals surface area contributed by atoms with Crippen LogP contribution in [0.2, 0.25) is 0 Å². The Bertz CT molecular complexity index is 640. The fourth-order valence-corrected chi connectivity index (χ4v) is 3.73. The van der Waals surface area contributed by atoms with Crippen molar-refractivity contribution < 1.29 is 18.3 Å². The fourth-order valence-electron chi connectivity index (χ4n) is 2.14. The van der Waals surface area contributed by atoms with E-state index in [0.29, 0.717) is 18.7 Å². The number of rotatable bonds is 4. The van der Waals surface area contributed by atoms with Crippen LogP contribution in [0, 0.1) is 0 Å². The van der Waals surface area contributed by atoms with E-state index in [1.807, 2.05) is 0 Å². The molecule has 0 saturated carbocycles. The normalized spacial score (nSPS) is 14.9. The number of aromatic carboxylic acids is 1. The van der Waals surface area contributed by atoms with Gasteiger partial charge in [0, 0.05) is 19.6 Å². The number of benzene rings is 1. The maximum Gasteiger partial charge on any atom is 0.335 e. The highest BCUT2D eigenvalue weighted by Gasteiger charge is 2.34. The molecule has 0 aliphatic carbocycles. The Balaban J connectivity index is 2.45. The second kappa shape index (κ2) is 5.06. The van der Waals surface area contributed by atoms with Crippen LogP contribution in [0.3, 0.4) is 0 Å². The predicted octanol–water partition coefficient (Wildman–Crippen LogP) is 1.33. The van der Waals surface area contributed by atoms with Crippen LogP contribution in [-0.2, 0) is 16.6 Å². The van der Waals surface area contributed by atoms with E-state index in [-0.39, 0.29) is 11.6 Å². The summed E-state index contributed by atoms with van der Waals surface area (Å²) in [6.07, 6.45) is 0.598. The third-order valence-corrected chi connectivity index (χ3v) is 5.64. The highest BCUT2D eigenvalue weighted by Crippen LogP contribution is 2.32. The van der Waals surface area contributed by atoms with Gasteiger partial charge in [-0.3, -0.25) is 4.31 Å². The molecule has 1 N–H and O–H groups in total. The van der Waals surface area contributed by atoms with Crippen LogP contribution in [0.4, 0.5) is 5.69 Å². The number of carboxylic acids is 1. The lowest BCUT2D eigenvalue weighted by Crippen LogP contribution is -2.44. The van der Waals surface area contributed by atoms with Crippen LogP contribution in [0.5, 0.6) is 0 Å². The summed E-state index contributed by atoms with van der Waals surface area (Å²) in [6, 6.07) is 4.45. The molecule has 0 fully saturated rings. The SMILES string of the molecule is CC(C)N(C)S(=O)(=O)N1CCc2ccc(C(=O)O)cc21. The second-order valence-corrected chi connectivity index (χ2v) is 7.00. The Morgan fingerprint density at radius 1 is 1.40 bits per heavy atom. The molecule has 1 aliphatic heterocycles. The van der Waals surface area contributed by atoms with Crippen molar-refractivity contribution in [2.75, 3.05) is 17.9 Å². The molecule has 0 atom stereocenters. The Kier molecular flexibility index (Phi) is 3.75. The van der Waals surface area contributed by atoms with Crippen molar-refractivity contribution in [1.82, 2.24) is 4.31 Å². The van der Waals surface area contributed by atoms with Gasteiger partial charge in [-0.2, -0.15) is 12.7 Å². The Morgan fingerprint density at radius 2 is 2.05 bits per heavy atom. The van der Waals surface area contributed by atoms with Crippen molar-refractivity contribution in [3.05, 3.63) is 29.3 Å². The first kappa shape index (κ1) is 14.8. The molecule has 2 rings (SSSR count). The predicted molar refractivity (Wildman–Crippen MR) is 76.3 cm³/mol. The smallest absolute Gasteiger partial charge is 0.335 e. The number of fused-ring (bicyclic) bond motifs is 1. The van der Waals surface area contributed by atoms with Crippen molar-refractivity contribution in [2.45, 2.75) is 26.3 Å². The van der Waals surface area contributed by atoms with Crippen LogP contribution in [0.25, 0.3) is 0 Å². The van der Waals surface area contributed by atoms with E-state index in [0.717, 1.165) is 5.56 Å². The summed E-state index contributed by atoms with van der Waals surface area (Å²) in [7, 11) is -2.09. The van der Waals surface area contributed by atoms with Crippen LogP contribution >= 0.6 is 0 Å². The first-order valence-electron chi connectivity index (χ1n) is 6.37. The van der Waals surface area contributed by atoms with E-state index in [9.17, 15) is 13.2 Å². The molecule has 0 spiro atoms. The van der Waals surface area contributed by atoms with Gasteiger partial charge in [-0.25, -0.2) is 4.79 Å². The van der Waals surface area contributed by atoms with E-state index in [1.54, 1.807) is 19.9 Å². The van der Waals surface area contributed by atoms with Gasteiger partial charge in [-0.05, 0) is 38.0 Å². The number of hydrogen-bond acceptors (Lipinski definition) is 3. The number of nitrogens with zero attached hydrogens (tertiary/aromatic N) is 2. The summed E-state index contributed by atoms with van der Waals surface area (Å²) in [4.78, 5) is 11.0. The lowest BCUT2D eigenvalue weighted by atomic mass is 10.1. The fraction of sp³-hybridized carbons (Fsp3) is 0.462. The highest BCUT2D eigenvalue weighted by molar-refractivity contribution is 7.90. The second-order valence-electron chi connectivity index (χ2n) is 5.09. The molecule has 6 nitrogen and oxygen atoms in total. The summed E-state index contributed by atoms with van der Waals surface area (Å²) >= 11 is 0. The molecule has 110 valence electrons. The van der Waals surface area contributed by atoms with Gasteiger partial charge in [0.2, 0.25) is 0 Å². The van der Waals surface area contributed by atoms with Gasteiger partial charge in [0.05, 0.1) is 11.3 Å². The van der Waals surface area contributed by atoms with E-state index in [1.165, 1.54) is 27.8 Å². The Morgan fingerprint density at radius 3 is 2.60 bits per heavy atom. The quantitative estimate of drug-likeness (QED) is 0.909. The number of carbonyl (C=O) groups is 1. The number of carboxylic acid groups (broad SMARTS) is 1. The minimum absolute atomic E-state index is 0.0954. The van der Waals surface area contributed by atoms with E-state index < -0.39 is 16.2 Å². The highest BCUT2D eigenvalue weighted by atomic mass is 32.2. The summed E-state index contributed by atoms with van der Waals surface area (Å²) in [5.74, 6) is -1.06. The Labute approximate surface area is 118 Å². The molecule has 1 aromatic rings. The van der Waals surface area contributed by atoms with Gasteiger partial charge < -0.3 is 5.11 Å². The minimum Gasteiger partial charge on any atom is -0.478 e. The van der Waals surface area contributed by atoms with Crippen LogP contribution in [0.1, 0.15) is 29.8 Å². The topological polar surface area (TPSA) is 77.9 Å². The van der Waals surface area contributed by atoms with Crippen LogP contribution in [-0.4, -0.2) is 43.4 Å². The van der Waals surface area contributed by atoms with Crippen molar-refractivity contribution in [3.63, 3.8) is 0 Å². The molecule has 0 radical (unpaired) electrons. The number of anilines is 1. The molecule has 20 heavy (non-hydrogen) atoms. The van der Waals surface area contributed by atoms with Gasteiger partial charge in [-0.1, -0.05) is 6.07 Å². The molecule has 0 aromatic heterocycles. The first-order valence-corrected chi connectivity index (χ1v) is 7.76. The molecule has 0 bridgehead atoms. The van der Waals surface area contributed by atoms with Gasteiger partial charge >= 0.3 is 16.2 Å². The molecule has 1 aliphatic rings. The lowest BCUT2D eigenvalue weighted by Gasteiger charge is -2.28. The zero-order valence-corrected chi connectivity index (χ0v) is 12.5. The minimum atomic E-state index is -3.62. The van der Waals surface area contributed by atoms with Crippen molar-refractivity contribution in [3.8, 4) is 0 Å². The zero-order chi connectivity index (χ0) is 15.1. The third kappa shape index (κ3) is 2.38. The summed E-state index contributed by atoms with van der Waals surface area (Å²) in [6.45, 7) is 3.93. The van der Waals surface area contributed by atoms with Gasteiger partial charge in [0.15, 0.2) is 0 Å². The maximum atomic E-state index is 12.5. The molecule has 0 amide bonds. The van der Waals surface area contributed by atoms with Crippen LogP contribution in [0.15, 0.2) is 18.2 Å². The largest absolute Gasteiger partial charge is 0.478 e. The van der Waals surface area contributed by atoms with E-state index in [4.69, 9.17) is 5.11 Å². The average molecular weight is 298 g/mol. The van der Waals surface area contributed by atoms with Crippen molar-refractivity contribution in [2.24, 2.45) is 0 Å². The molecular formula is C13H18N2O4S. The monoisotopic (exact) mass is 298 g/mol. The Hall–Kier alpha value is -1.60. The first-order chi connectivity index (χ1) is 9.25. The molecule has 0 unspecified atom stereocenters. The maximum absolute atomic E-state index is 12.5. The average Bonchev–Trinajstić information content (AvgIpc) is 2.80. The standard InChI is InChI=1S/C13H18N2O4S/c1-9(2)14(3)20(18,19)15-7-6-10-4-5-11(13(16)17)8-12(10)15/h4-5,8-9H,6-7H2,1-3H3,(H,16,17). The third-order valence-electron chi connectivity index (χ3n) is 3.55. The van der Waals surface area contributed by atoms with Gasteiger partial charge in [0.25, 0.3) is 0 Å². The van der Waals surface area contributed by atoms with E-state index >= 15 is 0 Å². The summed E-state index contributed by atoms with van der Waals surface area (Å²) in [5.41, 5.74) is 1.42. The lowest BCUT2D eigenvalue weighted by molar-refractivity contribution is 0.0697. The van der Waals surface area contributed by atoms with Gasteiger partial charge in [0.1, 0.15) is 0 Å². The zero-order valence-electron chi connectivity index (χ0n) is 11.7. The molecule has 1 heterocycles. The van der Waals surface area contributed by atoms with Crippen molar-refractivity contribution in [1.29, 1.82) is 0 Å². The summed E-state index contributed by atoms with van der Waals surface area (Å²) in [5, 5.41) is 9.02.